The summed E-state index contributed by atoms with van der Waals surface area (Å²) < 4.78 is 18.7. The smallest absolute Gasteiger partial charge is 0.222 e. The van der Waals surface area contributed by atoms with E-state index in [2.05, 4.69) is 5.32 Å². The van der Waals surface area contributed by atoms with Gasteiger partial charge in [0.2, 0.25) is 5.91 Å². The Kier molecular flexibility index (Phi) is 4.94. The average molecular weight is 239 g/mol. The summed E-state index contributed by atoms with van der Waals surface area (Å²) in [7, 11) is 0. The Morgan fingerprint density at radius 2 is 2.00 bits per heavy atom. The first-order chi connectivity index (χ1) is 8.00. The van der Waals surface area contributed by atoms with Crippen molar-refractivity contribution in [3.8, 4) is 5.75 Å². The molecule has 3 nitrogen and oxygen atoms in total. The number of nitrogens with one attached hydrogen (secondary N) is 1. The van der Waals surface area contributed by atoms with E-state index in [1.54, 1.807) is 25.1 Å². The highest BCUT2D eigenvalue weighted by Crippen LogP contribution is 2.16. The maximum Gasteiger partial charge on any atom is 0.222 e. The molecule has 0 aromatic heterocycles. The van der Waals surface area contributed by atoms with Crippen molar-refractivity contribution in [1.29, 1.82) is 0 Å². The van der Waals surface area contributed by atoms with Crippen LogP contribution in [0.25, 0.3) is 0 Å². The first kappa shape index (κ1) is 13.5. The molecule has 0 saturated heterocycles. The van der Waals surface area contributed by atoms with Crippen LogP contribution in [0.2, 0.25) is 0 Å². The standard InChI is InChI=1S/C13H18FNO2/c1-9(2)13(16)15-8-10(3)17-12-7-5-4-6-11(12)14/h4-7,9-10H,8H2,1-3H3,(H,15,16)/t10-/m1/s1. The molecular formula is C13H18FNO2. The third-order valence-electron chi connectivity index (χ3n) is 2.25. The molecule has 17 heavy (non-hydrogen) atoms. The van der Waals surface area contributed by atoms with Crippen LogP contribution in [0.1, 0.15) is 20.8 Å². The van der Waals surface area contributed by atoms with Crippen molar-refractivity contribution in [3.05, 3.63) is 30.1 Å². The topological polar surface area (TPSA) is 38.3 Å². The Balaban J connectivity index is 2.43. The average Bonchev–Trinajstić information content (AvgIpc) is 2.29. The van der Waals surface area contributed by atoms with E-state index in [1.165, 1.54) is 6.07 Å². The normalized spacial score (nSPS) is 12.3. The molecular weight excluding hydrogens is 221 g/mol. The van der Waals surface area contributed by atoms with Gasteiger partial charge in [-0.05, 0) is 19.1 Å². The summed E-state index contributed by atoms with van der Waals surface area (Å²) in [5, 5.41) is 2.74. The van der Waals surface area contributed by atoms with E-state index in [4.69, 9.17) is 4.74 Å². The molecule has 0 heterocycles. The summed E-state index contributed by atoms with van der Waals surface area (Å²) in [6.07, 6.45) is -0.269. The number of para-hydroxylation sites is 1. The van der Waals surface area contributed by atoms with Gasteiger partial charge in [-0.3, -0.25) is 4.79 Å². The molecule has 1 rings (SSSR count). The van der Waals surface area contributed by atoms with Gasteiger partial charge in [0.1, 0.15) is 6.10 Å². The summed E-state index contributed by atoms with van der Waals surface area (Å²) in [6, 6.07) is 6.22. The highest BCUT2D eigenvalue weighted by molar-refractivity contribution is 5.77. The van der Waals surface area contributed by atoms with Gasteiger partial charge < -0.3 is 10.1 Å². The van der Waals surface area contributed by atoms with Crippen LogP contribution in [0.3, 0.4) is 0 Å². The molecule has 1 N–H and O–H groups in total. The fraction of sp³-hybridized carbons (Fsp3) is 0.462. The highest BCUT2D eigenvalue weighted by Gasteiger charge is 2.11. The minimum Gasteiger partial charge on any atom is -0.486 e. The molecule has 0 aliphatic heterocycles. The molecule has 0 bridgehead atoms. The van der Waals surface area contributed by atoms with E-state index < -0.39 is 5.82 Å². The molecule has 94 valence electrons. The molecule has 0 spiro atoms. The molecule has 0 radical (unpaired) electrons. The third kappa shape index (κ3) is 4.43. The Morgan fingerprint density at radius 3 is 2.59 bits per heavy atom. The minimum atomic E-state index is -0.394. The van der Waals surface area contributed by atoms with Crippen LogP contribution in [0.4, 0.5) is 4.39 Å². The van der Waals surface area contributed by atoms with Crippen molar-refractivity contribution in [2.24, 2.45) is 5.92 Å². The van der Waals surface area contributed by atoms with Crippen LogP contribution >= 0.6 is 0 Å². The number of hydrogen-bond donors (Lipinski definition) is 1. The van der Waals surface area contributed by atoms with Gasteiger partial charge in [0, 0.05) is 5.92 Å². The van der Waals surface area contributed by atoms with E-state index >= 15 is 0 Å². The largest absolute Gasteiger partial charge is 0.486 e. The number of amides is 1. The van der Waals surface area contributed by atoms with Crippen LogP contribution < -0.4 is 10.1 Å². The maximum atomic E-state index is 13.3. The number of halogens is 1. The van der Waals surface area contributed by atoms with Gasteiger partial charge in [-0.2, -0.15) is 0 Å². The molecule has 0 aliphatic carbocycles. The predicted molar refractivity (Wildman–Crippen MR) is 64.3 cm³/mol. The fourth-order valence-corrected chi connectivity index (χ4v) is 1.25. The van der Waals surface area contributed by atoms with E-state index in [0.717, 1.165) is 0 Å². The zero-order valence-electron chi connectivity index (χ0n) is 10.4. The Morgan fingerprint density at radius 1 is 1.35 bits per heavy atom. The fourth-order valence-electron chi connectivity index (χ4n) is 1.25. The van der Waals surface area contributed by atoms with Crippen LogP contribution in [0.5, 0.6) is 5.75 Å². The Hall–Kier alpha value is -1.58. The summed E-state index contributed by atoms with van der Waals surface area (Å²) in [5.74, 6) is -0.280. The van der Waals surface area contributed by atoms with Crippen molar-refractivity contribution in [1.82, 2.24) is 5.32 Å². The van der Waals surface area contributed by atoms with Gasteiger partial charge in [-0.15, -0.1) is 0 Å². The van der Waals surface area contributed by atoms with Crippen LogP contribution in [-0.2, 0) is 4.79 Å². The zero-order chi connectivity index (χ0) is 12.8. The van der Waals surface area contributed by atoms with Crippen molar-refractivity contribution in [3.63, 3.8) is 0 Å². The van der Waals surface area contributed by atoms with Gasteiger partial charge in [-0.25, -0.2) is 4.39 Å². The van der Waals surface area contributed by atoms with Crippen molar-refractivity contribution in [2.45, 2.75) is 26.9 Å². The second-order valence-corrected chi connectivity index (χ2v) is 4.26. The molecule has 1 atom stereocenters. The van der Waals surface area contributed by atoms with Crippen LogP contribution in [0, 0.1) is 11.7 Å². The Labute approximate surface area is 101 Å². The lowest BCUT2D eigenvalue weighted by Crippen LogP contribution is -2.35. The molecule has 0 aliphatic rings. The van der Waals surface area contributed by atoms with Gasteiger partial charge in [0.15, 0.2) is 11.6 Å². The van der Waals surface area contributed by atoms with Crippen molar-refractivity contribution in [2.75, 3.05) is 6.54 Å². The van der Waals surface area contributed by atoms with Crippen molar-refractivity contribution >= 4 is 5.91 Å². The lowest BCUT2D eigenvalue weighted by molar-refractivity contribution is -0.124. The predicted octanol–water partition coefficient (Wildman–Crippen LogP) is 2.37. The van der Waals surface area contributed by atoms with Crippen molar-refractivity contribution < 1.29 is 13.9 Å². The maximum absolute atomic E-state index is 13.3. The first-order valence-electron chi connectivity index (χ1n) is 5.69. The number of carbonyl (C=O) groups excluding carboxylic acids is 1. The quantitative estimate of drug-likeness (QED) is 0.856. The highest BCUT2D eigenvalue weighted by atomic mass is 19.1. The zero-order valence-corrected chi connectivity index (χ0v) is 10.4. The number of rotatable bonds is 5. The first-order valence-corrected chi connectivity index (χ1v) is 5.69. The summed E-state index contributed by atoms with van der Waals surface area (Å²) >= 11 is 0. The minimum absolute atomic E-state index is 0.0333. The summed E-state index contributed by atoms with van der Waals surface area (Å²) in [6.45, 7) is 5.79. The SMILES string of the molecule is CC(C)C(=O)NC[C@@H](C)Oc1ccccc1F. The molecule has 0 unspecified atom stereocenters. The molecule has 0 fully saturated rings. The number of hydrogen-bond acceptors (Lipinski definition) is 2. The molecule has 1 aromatic carbocycles. The van der Waals surface area contributed by atoms with E-state index in [9.17, 15) is 9.18 Å². The number of benzene rings is 1. The monoisotopic (exact) mass is 239 g/mol. The second-order valence-electron chi connectivity index (χ2n) is 4.26. The Bertz CT molecular complexity index is 379. The third-order valence-corrected chi connectivity index (χ3v) is 2.25. The van der Waals surface area contributed by atoms with E-state index in [1.807, 2.05) is 13.8 Å². The second kappa shape index (κ2) is 6.23. The lowest BCUT2D eigenvalue weighted by atomic mass is 10.2. The summed E-state index contributed by atoms with van der Waals surface area (Å²) in [4.78, 5) is 11.3. The van der Waals surface area contributed by atoms with Crippen LogP contribution in [-0.4, -0.2) is 18.6 Å². The molecule has 1 aromatic rings. The van der Waals surface area contributed by atoms with Gasteiger partial charge in [-0.1, -0.05) is 26.0 Å². The molecule has 4 heteroatoms. The summed E-state index contributed by atoms with van der Waals surface area (Å²) in [5.41, 5.74) is 0. The van der Waals surface area contributed by atoms with E-state index in [0.29, 0.717) is 6.54 Å². The lowest BCUT2D eigenvalue weighted by Gasteiger charge is -2.16. The number of carbonyl (C=O) groups is 1. The van der Waals surface area contributed by atoms with Gasteiger partial charge in [0.05, 0.1) is 6.54 Å². The number of ether oxygens (including phenoxy) is 1. The molecule has 0 saturated carbocycles. The van der Waals surface area contributed by atoms with E-state index in [-0.39, 0.29) is 23.7 Å². The van der Waals surface area contributed by atoms with Gasteiger partial charge >= 0.3 is 0 Å². The molecule has 1 amide bonds. The van der Waals surface area contributed by atoms with Gasteiger partial charge in [0.25, 0.3) is 0 Å². The van der Waals surface area contributed by atoms with Crippen LogP contribution in [0.15, 0.2) is 24.3 Å².